The molecule has 0 radical (unpaired) electrons. The Labute approximate surface area is 163 Å². The van der Waals surface area contributed by atoms with Gasteiger partial charge in [-0.1, -0.05) is 29.8 Å². The van der Waals surface area contributed by atoms with Crippen molar-refractivity contribution in [3.05, 3.63) is 64.2 Å². The van der Waals surface area contributed by atoms with Gasteiger partial charge in [0.25, 0.3) is 11.8 Å². The van der Waals surface area contributed by atoms with E-state index in [2.05, 4.69) is 15.4 Å². The standard InChI is InChI=1S/C18H20ClN3O4S/c1-12-7-8-13(27(25,26)20-2)11-15(12)18(24)22-10-9-21-17(23)14-5-3-4-6-16(14)19/h3-8,11,20H,9-10H2,1-2H3,(H,21,23)(H,22,24). The van der Waals surface area contributed by atoms with Crippen molar-refractivity contribution in [2.75, 3.05) is 20.1 Å². The van der Waals surface area contributed by atoms with Crippen LogP contribution >= 0.6 is 11.6 Å². The van der Waals surface area contributed by atoms with E-state index in [-0.39, 0.29) is 29.5 Å². The van der Waals surface area contributed by atoms with Crippen molar-refractivity contribution < 1.29 is 18.0 Å². The predicted molar refractivity (Wildman–Crippen MR) is 104 cm³/mol. The number of nitrogens with one attached hydrogen (secondary N) is 3. The molecule has 2 amide bonds. The van der Waals surface area contributed by atoms with E-state index in [0.717, 1.165) is 0 Å². The molecular weight excluding hydrogens is 390 g/mol. The van der Waals surface area contributed by atoms with Gasteiger partial charge in [0, 0.05) is 18.7 Å². The maximum Gasteiger partial charge on any atom is 0.252 e. The smallest absolute Gasteiger partial charge is 0.252 e. The Bertz CT molecular complexity index is 961. The molecule has 0 atom stereocenters. The van der Waals surface area contributed by atoms with Crippen LogP contribution in [0.25, 0.3) is 0 Å². The summed E-state index contributed by atoms with van der Waals surface area (Å²) < 4.78 is 26.0. The molecule has 0 aliphatic rings. The SMILES string of the molecule is CNS(=O)(=O)c1ccc(C)c(C(=O)NCCNC(=O)c2ccccc2Cl)c1. The lowest BCUT2D eigenvalue weighted by Gasteiger charge is -2.11. The molecule has 0 bridgehead atoms. The molecule has 0 fully saturated rings. The van der Waals surface area contributed by atoms with Crippen LogP contribution in [0.1, 0.15) is 26.3 Å². The maximum atomic E-state index is 12.3. The van der Waals surface area contributed by atoms with Gasteiger partial charge < -0.3 is 10.6 Å². The molecule has 3 N–H and O–H groups in total. The molecular formula is C18H20ClN3O4S. The Morgan fingerprint density at radius 1 is 0.963 bits per heavy atom. The monoisotopic (exact) mass is 409 g/mol. The Hall–Kier alpha value is -2.42. The lowest BCUT2D eigenvalue weighted by molar-refractivity contribution is 0.0927. The maximum absolute atomic E-state index is 12.3. The highest BCUT2D eigenvalue weighted by atomic mass is 35.5. The van der Waals surface area contributed by atoms with E-state index < -0.39 is 15.9 Å². The second-order valence-electron chi connectivity index (χ2n) is 5.68. The number of sulfonamides is 1. The highest BCUT2D eigenvalue weighted by Gasteiger charge is 2.16. The van der Waals surface area contributed by atoms with Crippen LogP contribution in [0.3, 0.4) is 0 Å². The van der Waals surface area contributed by atoms with Crippen molar-refractivity contribution in [3.63, 3.8) is 0 Å². The quantitative estimate of drug-likeness (QED) is 0.605. The highest BCUT2D eigenvalue weighted by Crippen LogP contribution is 2.16. The second-order valence-corrected chi connectivity index (χ2v) is 7.97. The third kappa shape index (κ3) is 5.29. The fourth-order valence-electron chi connectivity index (χ4n) is 2.32. The third-order valence-electron chi connectivity index (χ3n) is 3.85. The van der Waals surface area contributed by atoms with E-state index >= 15 is 0 Å². The van der Waals surface area contributed by atoms with E-state index in [1.807, 2.05) is 0 Å². The summed E-state index contributed by atoms with van der Waals surface area (Å²) >= 11 is 5.96. The molecule has 0 aliphatic carbocycles. The molecule has 0 saturated carbocycles. The molecule has 0 spiro atoms. The first-order valence-electron chi connectivity index (χ1n) is 8.11. The number of amides is 2. The van der Waals surface area contributed by atoms with Crippen molar-refractivity contribution in [1.82, 2.24) is 15.4 Å². The minimum Gasteiger partial charge on any atom is -0.350 e. The largest absolute Gasteiger partial charge is 0.350 e. The zero-order chi connectivity index (χ0) is 20.0. The number of aryl methyl sites for hydroxylation is 1. The molecule has 0 heterocycles. The number of hydrogen-bond acceptors (Lipinski definition) is 4. The number of hydrogen-bond donors (Lipinski definition) is 3. The van der Waals surface area contributed by atoms with E-state index in [4.69, 9.17) is 11.6 Å². The summed E-state index contributed by atoms with van der Waals surface area (Å²) in [6.07, 6.45) is 0. The Morgan fingerprint density at radius 2 is 1.56 bits per heavy atom. The molecule has 7 nitrogen and oxygen atoms in total. The van der Waals surface area contributed by atoms with Crippen LogP contribution in [-0.2, 0) is 10.0 Å². The molecule has 0 unspecified atom stereocenters. The summed E-state index contributed by atoms with van der Waals surface area (Å²) in [7, 11) is -2.34. The molecule has 0 aliphatic heterocycles. The highest BCUT2D eigenvalue weighted by molar-refractivity contribution is 7.89. The van der Waals surface area contributed by atoms with Crippen LogP contribution in [0.15, 0.2) is 47.4 Å². The van der Waals surface area contributed by atoms with Gasteiger partial charge in [-0.3, -0.25) is 9.59 Å². The van der Waals surface area contributed by atoms with E-state index in [0.29, 0.717) is 16.1 Å². The Balaban J connectivity index is 1.95. The van der Waals surface area contributed by atoms with Crippen LogP contribution in [0, 0.1) is 6.92 Å². The Kier molecular flexibility index (Phi) is 6.95. The van der Waals surface area contributed by atoms with Gasteiger partial charge >= 0.3 is 0 Å². The van der Waals surface area contributed by atoms with Crippen molar-refractivity contribution >= 4 is 33.4 Å². The number of carbonyl (C=O) groups is 2. The number of carbonyl (C=O) groups excluding carboxylic acids is 2. The molecule has 2 aromatic carbocycles. The molecule has 2 aromatic rings. The van der Waals surface area contributed by atoms with Crippen LogP contribution in [0.2, 0.25) is 5.02 Å². The van der Waals surface area contributed by atoms with Gasteiger partial charge in [0.2, 0.25) is 10.0 Å². The first-order valence-corrected chi connectivity index (χ1v) is 9.97. The predicted octanol–water partition coefficient (Wildman–Crippen LogP) is 1.72. The first kappa shape index (κ1) is 20.9. The topological polar surface area (TPSA) is 104 Å². The molecule has 9 heteroatoms. The second kappa shape index (κ2) is 8.98. The van der Waals surface area contributed by atoms with E-state index in [1.54, 1.807) is 37.3 Å². The summed E-state index contributed by atoms with van der Waals surface area (Å²) in [4.78, 5) is 24.4. The summed E-state index contributed by atoms with van der Waals surface area (Å²) in [5.74, 6) is -0.763. The third-order valence-corrected chi connectivity index (χ3v) is 5.59. The van der Waals surface area contributed by atoms with Gasteiger partial charge in [-0.05, 0) is 43.8 Å². The van der Waals surface area contributed by atoms with E-state index in [1.165, 1.54) is 19.2 Å². The summed E-state index contributed by atoms with van der Waals surface area (Å²) in [5, 5.41) is 5.66. The average molecular weight is 410 g/mol. The summed E-state index contributed by atoms with van der Waals surface area (Å²) in [5.41, 5.74) is 1.25. The zero-order valence-electron chi connectivity index (χ0n) is 14.9. The number of halogens is 1. The van der Waals surface area contributed by atoms with Crippen molar-refractivity contribution in [3.8, 4) is 0 Å². The average Bonchev–Trinajstić information content (AvgIpc) is 2.65. The summed E-state index contributed by atoms with van der Waals surface area (Å²) in [6, 6.07) is 11.0. The lowest BCUT2D eigenvalue weighted by Crippen LogP contribution is -2.35. The fraction of sp³-hybridized carbons (Fsp3) is 0.222. The van der Waals surface area contributed by atoms with Gasteiger partial charge in [-0.2, -0.15) is 0 Å². The van der Waals surface area contributed by atoms with Crippen molar-refractivity contribution in [2.45, 2.75) is 11.8 Å². The zero-order valence-corrected chi connectivity index (χ0v) is 16.4. The van der Waals surface area contributed by atoms with Gasteiger partial charge in [-0.15, -0.1) is 0 Å². The minimum absolute atomic E-state index is 0.00720. The molecule has 0 aromatic heterocycles. The lowest BCUT2D eigenvalue weighted by atomic mass is 10.1. The Morgan fingerprint density at radius 3 is 2.15 bits per heavy atom. The molecule has 2 rings (SSSR count). The minimum atomic E-state index is -3.64. The molecule has 0 saturated heterocycles. The van der Waals surface area contributed by atoms with Crippen LogP contribution in [-0.4, -0.2) is 40.4 Å². The van der Waals surface area contributed by atoms with Crippen LogP contribution in [0.5, 0.6) is 0 Å². The van der Waals surface area contributed by atoms with Crippen molar-refractivity contribution in [1.29, 1.82) is 0 Å². The number of rotatable bonds is 7. The number of benzene rings is 2. The fourth-order valence-corrected chi connectivity index (χ4v) is 3.30. The van der Waals surface area contributed by atoms with Gasteiger partial charge in [0.1, 0.15) is 0 Å². The normalized spacial score (nSPS) is 11.1. The summed E-state index contributed by atoms with van der Waals surface area (Å²) in [6.45, 7) is 2.09. The van der Waals surface area contributed by atoms with Gasteiger partial charge in [0.15, 0.2) is 0 Å². The first-order chi connectivity index (χ1) is 12.8. The van der Waals surface area contributed by atoms with Crippen LogP contribution < -0.4 is 15.4 Å². The van der Waals surface area contributed by atoms with Crippen LogP contribution in [0.4, 0.5) is 0 Å². The van der Waals surface area contributed by atoms with Gasteiger partial charge in [0.05, 0.1) is 15.5 Å². The molecule has 144 valence electrons. The van der Waals surface area contributed by atoms with E-state index in [9.17, 15) is 18.0 Å². The van der Waals surface area contributed by atoms with Crippen molar-refractivity contribution in [2.24, 2.45) is 0 Å². The molecule has 27 heavy (non-hydrogen) atoms. The van der Waals surface area contributed by atoms with Gasteiger partial charge in [-0.25, -0.2) is 13.1 Å².